The fraction of sp³-hybridized carbons (Fsp3) is 0.500. The third-order valence-corrected chi connectivity index (χ3v) is 3.69. The van der Waals surface area contributed by atoms with E-state index in [9.17, 15) is 4.79 Å². The summed E-state index contributed by atoms with van der Waals surface area (Å²) in [7, 11) is 2.02. The molecule has 1 aromatic carbocycles. The number of likely N-dealkylation sites (N-methyl/N-ethyl adjacent to an activating group) is 1. The van der Waals surface area contributed by atoms with Crippen molar-refractivity contribution in [2.45, 2.75) is 32.9 Å². The second-order valence-corrected chi connectivity index (χ2v) is 5.46. The summed E-state index contributed by atoms with van der Waals surface area (Å²) >= 11 is 0. The van der Waals surface area contributed by atoms with Crippen LogP contribution in [0.15, 0.2) is 29.3 Å². The average molecular weight is 288 g/mol. The highest BCUT2D eigenvalue weighted by molar-refractivity contribution is 5.94. The van der Waals surface area contributed by atoms with E-state index in [1.165, 1.54) is 0 Å². The van der Waals surface area contributed by atoms with Gasteiger partial charge in [-0.3, -0.25) is 9.79 Å². The van der Waals surface area contributed by atoms with Crippen molar-refractivity contribution in [3.8, 4) is 0 Å². The van der Waals surface area contributed by atoms with E-state index in [2.05, 4.69) is 27.4 Å². The first kappa shape index (κ1) is 15.4. The summed E-state index contributed by atoms with van der Waals surface area (Å²) in [5.74, 6) is 0.908. The second-order valence-electron chi connectivity index (χ2n) is 5.46. The summed E-state index contributed by atoms with van der Waals surface area (Å²) in [6.07, 6.45) is 0.930. The van der Waals surface area contributed by atoms with Crippen molar-refractivity contribution in [1.82, 2.24) is 15.5 Å². The minimum absolute atomic E-state index is 0.0125. The van der Waals surface area contributed by atoms with Crippen LogP contribution in [0.25, 0.3) is 0 Å². The molecule has 1 aliphatic rings. The molecule has 1 unspecified atom stereocenters. The van der Waals surface area contributed by atoms with Gasteiger partial charge in [0.1, 0.15) is 0 Å². The lowest BCUT2D eigenvalue weighted by atomic mass is 10.1. The Labute approximate surface area is 126 Å². The number of hydrogen-bond acceptors (Lipinski definition) is 4. The molecule has 1 atom stereocenters. The maximum atomic E-state index is 12.1. The van der Waals surface area contributed by atoms with Gasteiger partial charge in [0.15, 0.2) is 5.96 Å². The summed E-state index contributed by atoms with van der Waals surface area (Å²) in [6, 6.07) is 7.91. The minimum Gasteiger partial charge on any atom is -0.352 e. The molecule has 1 aliphatic heterocycles. The summed E-state index contributed by atoms with van der Waals surface area (Å²) in [4.78, 5) is 18.6. The number of guanidine groups is 1. The Kier molecular flexibility index (Phi) is 5.20. The van der Waals surface area contributed by atoms with E-state index in [1.807, 2.05) is 38.2 Å². The number of aliphatic imine (C=N–C) groups is 1. The van der Waals surface area contributed by atoms with E-state index in [4.69, 9.17) is 0 Å². The van der Waals surface area contributed by atoms with Crippen LogP contribution in [0.5, 0.6) is 0 Å². The van der Waals surface area contributed by atoms with E-state index in [1.54, 1.807) is 0 Å². The molecule has 114 valence electrons. The Balaban J connectivity index is 1.96. The zero-order chi connectivity index (χ0) is 15.2. The van der Waals surface area contributed by atoms with Crippen LogP contribution in [-0.2, 0) is 6.54 Å². The molecular formula is C16H24N4O. The van der Waals surface area contributed by atoms with Crippen LogP contribution < -0.4 is 10.6 Å². The molecule has 21 heavy (non-hydrogen) atoms. The topological polar surface area (TPSA) is 56.7 Å². The molecule has 2 rings (SSSR count). The number of carbonyl (C=O) groups excluding carboxylic acids is 1. The molecule has 0 spiro atoms. The van der Waals surface area contributed by atoms with Gasteiger partial charge in [0, 0.05) is 31.7 Å². The number of nitrogens with one attached hydrogen (secondary N) is 2. The van der Waals surface area contributed by atoms with Crippen LogP contribution in [0.1, 0.15) is 36.2 Å². The fourth-order valence-electron chi connectivity index (χ4n) is 2.14. The van der Waals surface area contributed by atoms with Crippen molar-refractivity contribution in [3.05, 3.63) is 35.4 Å². The van der Waals surface area contributed by atoms with E-state index in [-0.39, 0.29) is 11.9 Å². The molecule has 1 amide bonds. The first-order valence-electron chi connectivity index (χ1n) is 7.49. The van der Waals surface area contributed by atoms with Gasteiger partial charge in [-0.05, 0) is 31.0 Å². The van der Waals surface area contributed by atoms with Gasteiger partial charge in [0.25, 0.3) is 5.91 Å². The van der Waals surface area contributed by atoms with Gasteiger partial charge in [0.05, 0.1) is 6.54 Å². The Morgan fingerprint density at radius 2 is 2.29 bits per heavy atom. The molecule has 0 aliphatic carbocycles. The highest BCUT2D eigenvalue weighted by Gasteiger charge is 2.12. The van der Waals surface area contributed by atoms with Crippen molar-refractivity contribution in [2.24, 2.45) is 4.99 Å². The van der Waals surface area contributed by atoms with E-state index < -0.39 is 0 Å². The first-order chi connectivity index (χ1) is 10.1. The smallest absolute Gasteiger partial charge is 0.251 e. The zero-order valence-corrected chi connectivity index (χ0v) is 13.0. The molecule has 0 fully saturated rings. The zero-order valence-electron chi connectivity index (χ0n) is 13.0. The maximum Gasteiger partial charge on any atom is 0.251 e. The number of nitrogens with zero attached hydrogens (tertiary/aromatic N) is 2. The van der Waals surface area contributed by atoms with Crippen LogP contribution in [0.3, 0.4) is 0 Å². The highest BCUT2D eigenvalue weighted by Crippen LogP contribution is 2.07. The van der Waals surface area contributed by atoms with Crippen molar-refractivity contribution < 1.29 is 4.79 Å². The lowest BCUT2D eigenvalue weighted by molar-refractivity contribution is 0.0939. The monoisotopic (exact) mass is 288 g/mol. The normalized spacial score (nSPS) is 15.6. The standard InChI is InChI=1S/C16H24N4O/c1-4-12(2)19-15(21)14-7-5-6-13(10-14)11-18-16-17-8-9-20(16)3/h5-7,10,12H,4,8-9,11H2,1-3H3,(H,17,18)(H,19,21). The molecule has 5 nitrogen and oxygen atoms in total. The number of rotatable bonds is 5. The maximum absolute atomic E-state index is 12.1. The third kappa shape index (κ3) is 4.21. The molecule has 0 saturated heterocycles. The molecule has 0 aromatic heterocycles. The van der Waals surface area contributed by atoms with Gasteiger partial charge in [-0.1, -0.05) is 19.1 Å². The van der Waals surface area contributed by atoms with Gasteiger partial charge < -0.3 is 15.5 Å². The van der Waals surface area contributed by atoms with Gasteiger partial charge in [0.2, 0.25) is 0 Å². The SMILES string of the molecule is CCC(C)NC(=O)c1cccc(CNC2=NCCN2C)c1. The van der Waals surface area contributed by atoms with Crippen LogP contribution in [0.2, 0.25) is 0 Å². The van der Waals surface area contributed by atoms with Crippen LogP contribution in [-0.4, -0.2) is 42.9 Å². The lowest BCUT2D eigenvalue weighted by Crippen LogP contribution is -2.35. The van der Waals surface area contributed by atoms with Crippen molar-refractivity contribution >= 4 is 11.9 Å². The van der Waals surface area contributed by atoms with Crippen molar-refractivity contribution in [3.63, 3.8) is 0 Å². The number of amides is 1. The van der Waals surface area contributed by atoms with Crippen molar-refractivity contribution in [1.29, 1.82) is 0 Å². The Morgan fingerprint density at radius 3 is 2.95 bits per heavy atom. The van der Waals surface area contributed by atoms with E-state index in [0.29, 0.717) is 12.1 Å². The predicted molar refractivity (Wildman–Crippen MR) is 85.4 cm³/mol. The average Bonchev–Trinajstić information content (AvgIpc) is 2.90. The van der Waals surface area contributed by atoms with Gasteiger partial charge in [-0.15, -0.1) is 0 Å². The van der Waals surface area contributed by atoms with Gasteiger partial charge in [-0.2, -0.15) is 0 Å². The van der Waals surface area contributed by atoms with Gasteiger partial charge >= 0.3 is 0 Å². The quantitative estimate of drug-likeness (QED) is 0.865. The van der Waals surface area contributed by atoms with E-state index in [0.717, 1.165) is 31.0 Å². The fourth-order valence-corrected chi connectivity index (χ4v) is 2.14. The summed E-state index contributed by atoms with van der Waals surface area (Å²) < 4.78 is 0. The van der Waals surface area contributed by atoms with Crippen LogP contribution >= 0.6 is 0 Å². The van der Waals surface area contributed by atoms with Crippen LogP contribution in [0.4, 0.5) is 0 Å². The van der Waals surface area contributed by atoms with Crippen LogP contribution in [0, 0.1) is 0 Å². The Hall–Kier alpha value is -2.04. The molecule has 5 heteroatoms. The molecule has 0 bridgehead atoms. The van der Waals surface area contributed by atoms with Crippen molar-refractivity contribution in [2.75, 3.05) is 20.1 Å². The Bertz CT molecular complexity index is 527. The minimum atomic E-state index is -0.0125. The molecular weight excluding hydrogens is 264 g/mol. The molecule has 1 heterocycles. The van der Waals surface area contributed by atoms with Gasteiger partial charge in [-0.25, -0.2) is 0 Å². The third-order valence-electron chi connectivity index (χ3n) is 3.69. The molecule has 0 saturated carbocycles. The Morgan fingerprint density at radius 1 is 1.48 bits per heavy atom. The molecule has 1 aromatic rings. The first-order valence-corrected chi connectivity index (χ1v) is 7.49. The lowest BCUT2D eigenvalue weighted by Gasteiger charge is -2.16. The number of hydrogen-bond donors (Lipinski definition) is 2. The summed E-state index contributed by atoms with van der Waals surface area (Å²) in [5.41, 5.74) is 1.78. The van der Waals surface area contributed by atoms with E-state index >= 15 is 0 Å². The molecule has 2 N–H and O–H groups in total. The summed E-state index contributed by atoms with van der Waals surface area (Å²) in [5, 5.41) is 6.30. The molecule has 0 radical (unpaired) electrons. The predicted octanol–water partition coefficient (Wildman–Crippen LogP) is 1.61. The highest BCUT2D eigenvalue weighted by atomic mass is 16.1. The number of benzene rings is 1. The summed E-state index contributed by atoms with van der Waals surface area (Å²) in [6.45, 7) is 6.55. The second kappa shape index (κ2) is 7.11. The number of carbonyl (C=O) groups is 1. The largest absolute Gasteiger partial charge is 0.352 e.